The van der Waals surface area contributed by atoms with Gasteiger partial charge in [-0.25, -0.2) is 0 Å². The fourth-order valence-corrected chi connectivity index (χ4v) is 1.99. The second kappa shape index (κ2) is 6.55. The van der Waals surface area contributed by atoms with Crippen LogP contribution in [-0.2, 0) is 0 Å². The van der Waals surface area contributed by atoms with E-state index in [4.69, 9.17) is 23.2 Å². The molecule has 0 saturated heterocycles. The Hall–Kier alpha value is -1.84. The normalized spacial score (nSPS) is 10.1. The molecule has 0 unspecified atom stereocenters. The van der Waals surface area contributed by atoms with Crippen molar-refractivity contribution in [3.63, 3.8) is 0 Å². The number of benzene rings is 2. The van der Waals surface area contributed by atoms with Crippen molar-refractivity contribution < 1.29 is 9.59 Å². The van der Waals surface area contributed by atoms with E-state index in [0.717, 1.165) is 0 Å². The molecule has 0 aliphatic carbocycles. The first-order chi connectivity index (χ1) is 9.58. The molecule has 2 aromatic rings. The van der Waals surface area contributed by atoms with Gasteiger partial charge >= 0.3 is 0 Å². The monoisotopic (exact) mass is 307 g/mol. The summed E-state index contributed by atoms with van der Waals surface area (Å²) in [4.78, 5) is 23.8. The molecule has 102 valence electrons. The summed E-state index contributed by atoms with van der Waals surface area (Å²) in [5, 5.41) is 3.45. The fraction of sp³-hybridized carbons (Fsp3) is 0.0667. The summed E-state index contributed by atoms with van der Waals surface area (Å²) in [6.07, 6.45) is 0. The quantitative estimate of drug-likeness (QED) is 0.877. The molecule has 0 heterocycles. The zero-order valence-electron chi connectivity index (χ0n) is 10.4. The van der Waals surface area contributed by atoms with Crippen molar-refractivity contribution in [3.05, 3.63) is 69.7 Å². The molecule has 2 rings (SSSR count). The van der Waals surface area contributed by atoms with E-state index in [2.05, 4.69) is 5.32 Å². The lowest BCUT2D eigenvalue weighted by atomic mass is 10.1. The average Bonchev–Trinajstić information content (AvgIpc) is 2.45. The second-order valence-electron chi connectivity index (χ2n) is 4.09. The van der Waals surface area contributed by atoms with Gasteiger partial charge in [0.1, 0.15) is 0 Å². The Labute approximate surface area is 126 Å². The van der Waals surface area contributed by atoms with Crippen LogP contribution >= 0.6 is 23.2 Å². The summed E-state index contributed by atoms with van der Waals surface area (Å²) < 4.78 is 0. The molecule has 0 fully saturated rings. The van der Waals surface area contributed by atoms with Crippen LogP contribution in [0.15, 0.2) is 48.5 Å². The van der Waals surface area contributed by atoms with Gasteiger partial charge in [0.15, 0.2) is 5.78 Å². The molecule has 1 N–H and O–H groups in total. The Morgan fingerprint density at radius 2 is 1.60 bits per heavy atom. The predicted molar refractivity (Wildman–Crippen MR) is 79.6 cm³/mol. The van der Waals surface area contributed by atoms with Gasteiger partial charge in [-0.15, -0.1) is 0 Å². The largest absolute Gasteiger partial charge is 0.345 e. The first kappa shape index (κ1) is 14.6. The number of nitrogens with one attached hydrogen (secondary N) is 1. The highest BCUT2D eigenvalue weighted by atomic mass is 35.5. The van der Waals surface area contributed by atoms with Gasteiger partial charge in [-0.1, -0.05) is 35.3 Å². The fourth-order valence-electron chi connectivity index (χ4n) is 1.64. The van der Waals surface area contributed by atoms with Crippen molar-refractivity contribution in [1.82, 2.24) is 5.32 Å². The maximum absolute atomic E-state index is 11.9. The maximum Gasteiger partial charge on any atom is 0.253 e. The number of carbonyl (C=O) groups excluding carboxylic acids is 2. The molecule has 0 aliphatic heterocycles. The van der Waals surface area contributed by atoms with Crippen LogP contribution < -0.4 is 5.32 Å². The lowest BCUT2D eigenvalue weighted by Crippen LogP contribution is -2.29. The van der Waals surface area contributed by atoms with Crippen LogP contribution in [0, 0.1) is 0 Å². The first-order valence-electron chi connectivity index (χ1n) is 5.89. The van der Waals surface area contributed by atoms with Crippen molar-refractivity contribution in [2.75, 3.05) is 6.54 Å². The van der Waals surface area contributed by atoms with Gasteiger partial charge in [-0.3, -0.25) is 9.59 Å². The molecule has 3 nitrogen and oxygen atoms in total. The number of amides is 1. The van der Waals surface area contributed by atoms with Crippen LogP contribution in [0.25, 0.3) is 0 Å². The zero-order chi connectivity index (χ0) is 14.5. The summed E-state index contributed by atoms with van der Waals surface area (Å²) in [5.41, 5.74) is 0.840. The molecule has 0 atom stereocenters. The maximum atomic E-state index is 11.9. The molecule has 1 amide bonds. The highest BCUT2D eigenvalue weighted by Crippen LogP contribution is 2.14. The van der Waals surface area contributed by atoms with Crippen molar-refractivity contribution in [2.45, 2.75) is 0 Å². The number of ketones is 1. The number of hydrogen-bond donors (Lipinski definition) is 1. The molecule has 0 radical (unpaired) electrons. The summed E-state index contributed by atoms with van der Waals surface area (Å²) in [5.74, 6) is -0.569. The van der Waals surface area contributed by atoms with Crippen molar-refractivity contribution in [3.8, 4) is 0 Å². The molecule has 20 heavy (non-hydrogen) atoms. The van der Waals surface area contributed by atoms with Gasteiger partial charge < -0.3 is 5.32 Å². The van der Waals surface area contributed by atoms with Crippen LogP contribution in [0.5, 0.6) is 0 Å². The minimum absolute atomic E-state index is 0.0916. The van der Waals surface area contributed by atoms with Crippen LogP contribution in [0.2, 0.25) is 10.0 Å². The van der Waals surface area contributed by atoms with Crippen LogP contribution in [0.3, 0.4) is 0 Å². The van der Waals surface area contributed by atoms with Gasteiger partial charge in [0.05, 0.1) is 17.1 Å². The first-order valence-corrected chi connectivity index (χ1v) is 6.65. The second-order valence-corrected chi connectivity index (χ2v) is 4.94. The van der Waals surface area contributed by atoms with E-state index >= 15 is 0 Å². The van der Waals surface area contributed by atoms with E-state index in [1.807, 2.05) is 0 Å². The third kappa shape index (κ3) is 3.59. The zero-order valence-corrected chi connectivity index (χ0v) is 11.9. The number of hydrogen-bond acceptors (Lipinski definition) is 2. The van der Waals surface area contributed by atoms with Crippen LogP contribution in [0.4, 0.5) is 0 Å². The number of halogens is 2. The van der Waals surface area contributed by atoms with E-state index in [1.165, 1.54) is 0 Å². The Balaban J connectivity index is 1.99. The minimum atomic E-state index is -0.377. The molecule has 0 bridgehead atoms. The third-order valence-corrected chi connectivity index (χ3v) is 3.28. The Morgan fingerprint density at radius 3 is 2.25 bits per heavy atom. The number of carbonyl (C=O) groups is 2. The smallest absolute Gasteiger partial charge is 0.253 e. The Kier molecular flexibility index (Phi) is 4.77. The number of rotatable bonds is 4. The highest BCUT2D eigenvalue weighted by Gasteiger charge is 2.12. The average molecular weight is 308 g/mol. The van der Waals surface area contributed by atoms with Gasteiger partial charge in [-0.2, -0.15) is 0 Å². The van der Waals surface area contributed by atoms with Crippen LogP contribution in [0.1, 0.15) is 20.7 Å². The van der Waals surface area contributed by atoms with Crippen molar-refractivity contribution in [2.24, 2.45) is 0 Å². The van der Waals surface area contributed by atoms with E-state index in [9.17, 15) is 9.59 Å². The van der Waals surface area contributed by atoms with Crippen molar-refractivity contribution in [1.29, 1.82) is 0 Å². The summed E-state index contributed by atoms with van der Waals surface area (Å²) in [7, 11) is 0. The topological polar surface area (TPSA) is 46.2 Å². The molecule has 2 aromatic carbocycles. The highest BCUT2D eigenvalue weighted by molar-refractivity contribution is 6.33. The number of Topliss-reactive ketones (excluding diaryl/α,β-unsaturated/α-hetero) is 1. The van der Waals surface area contributed by atoms with E-state index in [1.54, 1.807) is 48.5 Å². The SMILES string of the molecule is O=C(CNC(=O)c1ccccc1Cl)c1ccc(Cl)cc1. The van der Waals surface area contributed by atoms with E-state index in [0.29, 0.717) is 21.2 Å². The molecular formula is C15H11Cl2NO2. The third-order valence-electron chi connectivity index (χ3n) is 2.69. The molecular weight excluding hydrogens is 297 g/mol. The molecule has 0 aromatic heterocycles. The Morgan fingerprint density at radius 1 is 0.950 bits per heavy atom. The standard InChI is InChI=1S/C15H11Cl2NO2/c16-11-7-5-10(6-8-11)14(19)9-18-15(20)12-3-1-2-4-13(12)17/h1-8H,9H2,(H,18,20). The van der Waals surface area contributed by atoms with Crippen molar-refractivity contribution >= 4 is 34.9 Å². The summed E-state index contributed by atoms with van der Waals surface area (Å²) >= 11 is 11.7. The van der Waals surface area contributed by atoms with Crippen LogP contribution in [-0.4, -0.2) is 18.2 Å². The van der Waals surface area contributed by atoms with E-state index < -0.39 is 0 Å². The summed E-state index contributed by atoms with van der Waals surface area (Å²) in [6.45, 7) is -0.0916. The predicted octanol–water partition coefficient (Wildman–Crippen LogP) is 3.61. The lowest BCUT2D eigenvalue weighted by Gasteiger charge is -2.06. The molecule has 0 aliphatic rings. The lowest BCUT2D eigenvalue weighted by molar-refractivity contribution is 0.0904. The summed E-state index contributed by atoms with van der Waals surface area (Å²) in [6, 6.07) is 13.2. The molecule has 5 heteroatoms. The van der Waals surface area contributed by atoms with Gasteiger partial charge in [0.2, 0.25) is 0 Å². The van der Waals surface area contributed by atoms with Gasteiger partial charge in [0.25, 0.3) is 5.91 Å². The molecule has 0 saturated carbocycles. The minimum Gasteiger partial charge on any atom is -0.345 e. The van der Waals surface area contributed by atoms with E-state index in [-0.39, 0.29) is 18.2 Å². The van der Waals surface area contributed by atoms with Gasteiger partial charge in [-0.05, 0) is 36.4 Å². The van der Waals surface area contributed by atoms with Gasteiger partial charge in [0, 0.05) is 10.6 Å². The molecule has 0 spiro atoms. The Bertz CT molecular complexity index is 639.